The summed E-state index contributed by atoms with van der Waals surface area (Å²) in [7, 11) is 1.60. The number of hydrogen-bond acceptors (Lipinski definition) is 9. The number of hydrogen-bond donors (Lipinski definition) is 2. The first-order valence-electron chi connectivity index (χ1n) is 12.3. The number of benzene rings is 1. The third-order valence-corrected chi connectivity index (χ3v) is 5.90. The number of carbonyl (C=O) groups is 1. The van der Waals surface area contributed by atoms with Crippen LogP contribution in [-0.4, -0.2) is 46.0 Å². The largest absolute Gasteiger partial charge is 0.497 e. The molecule has 4 aromatic rings. The topological polar surface area (TPSA) is 134 Å². The van der Waals surface area contributed by atoms with E-state index in [0.29, 0.717) is 29.6 Å². The molecule has 11 nitrogen and oxygen atoms in total. The lowest BCUT2D eigenvalue weighted by Gasteiger charge is -2.24. The van der Waals surface area contributed by atoms with Crippen molar-refractivity contribution in [3.05, 3.63) is 66.3 Å². The molecule has 0 radical (unpaired) electrons. The summed E-state index contributed by atoms with van der Waals surface area (Å²) in [5.41, 5.74) is -0.590. The number of ether oxygens (including phenoxy) is 3. The van der Waals surface area contributed by atoms with Gasteiger partial charge in [0.05, 0.1) is 31.8 Å². The minimum Gasteiger partial charge on any atom is -0.497 e. The number of rotatable bonds is 10. The quantitative estimate of drug-likeness (QED) is 0.235. The molecule has 216 valence electrons. The number of alkyl halides is 3. The molecule has 0 saturated heterocycles. The highest BCUT2D eigenvalue weighted by atomic mass is 19.4. The Balaban J connectivity index is 1.39. The van der Waals surface area contributed by atoms with E-state index >= 15 is 0 Å². The SMILES string of the molecule is CCOc1cc(-c2ncc(NC(=O)Nc3cc(C(C)(C)C(F)(F)F)on3)cn2)cnc1OCc1ccc(OC)cc1. The Kier molecular flexibility index (Phi) is 8.59. The highest BCUT2D eigenvalue weighted by Gasteiger charge is 2.51. The number of methoxy groups -OCH3 is 1. The van der Waals surface area contributed by atoms with Gasteiger partial charge in [-0.15, -0.1) is 0 Å². The van der Waals surface area contributed by atoms with E-state index in [9.17, 15) is 18.0 Å². The summed E-state index contributed by atoms with van der Waals surface area (Å²) < 4.78 is 61.1. The molecule has 0 atom stereocenters. The van der Waals surface area contributed by atoms with Crippen LogP contribution in [0.4, 0.5) is 29.5 Å². The van der Waals surface area contributed by atoms with E-state index in [-0.39, 0.29) is 18.1 Å². The van der Waals surface area contributed by atoms with Crippen LogP contribution in [0.15, 0.2) is 59.5 Å². The lowest BCUT2D eigenvalue weighted by Crippen LogP contribution is -2.35. The Morgan fingerprint density at radius 3 is 2.32 bits per heavy atom. The van der Waals surface area contributed by atoms with Gasteiger partial charge in [0.15, 0.2) is 23.2 Å². The van der Waals surface area contributed by atoms with Crippen LogP contribution in [0.3, 0.4) is 0 Å². The summed E-state index contributed by atoms with van der Waals surface area (Å²) in [5.74, 6) is 1.13. The van der Waals surface area contributed by atoms with Gasteiger partial charge >= 0.3 is 12.2 Å². The summed E-state index contributed by atoms with van der Waals surface area (Å²) in [6, 6.07) is 9.37. The zero-order chi connectivity index (χ0) is 29.6. The molecule has 0 bridgehead atoms. The van der Waals surface area contributed by atoms with Crippen LogP contribution in [-0.2, 0) is 12.0 Å². The van der Waals surface area contributed by atoms with Gasteiger partial charge in [0.2, 0.25) is 0 Å². The van der Waals surface area contributed by atoms with E-state index in [4.69, 9.17) is 18.7 Å². The Morgan fingerprint density at radius 1 is 0.976 bits per heavy atom. The number of amides is 2. The van der Waals surface area contributed by atoms with E-state index in [1.807, 2.05) is 31.2 Å². The van der Waals surface area contributed by atoms with Crippen molar-refractivity contribution in [2.75, 3.05) is 24.4 Å². The number of pyridine rings is 1. The lowest BCUT2D eigenvalue weighted by atomic mass is 9.89. The number of carbonyl (C=O) groups excluding carboxylic acids is 1. The van der Waals surface area contributed by atoms with Gasteiger partial charge in [-0.1, -0.05) is 17.3 Å². The summed E-state index contributed by atoms with van der Waals surface area (Å²) in [4.78, 5) is 25.2. The van der Waals surface area contributed by atoms with Gasteiger partial charge in [0, 0.05) is 17.8 Å². The van der Waals surface area contributed by atoms with Crippen LogP contribution in [0, 0.1) is 0 Å². The summed E-state index contributed by atoms with van der Waals surface area (Å²) in [6.45, 7) is 4.38. The summed E-state index contributed by atoms with van der Waals surface area (Å²) in [6.07, 6.45) is -0.311. The number of anilines is 2. The predicted octanol–water partition coefficient (Wildman–Crippen LogP) is 6.00. The number of nitrogens with one attached hydrogen (secondary N) is 2. The fraction of sp³-hybridized carbons (Fsp3) is 0.296. The average Bonchev–Trinajstić information content (AvgIpc) is 3.41. The van der Waals surface area contributed by atoms with Crippen molar-refractivity contribution in [2.24, 2.45) is 0 Å². The Morgan fingerprint density at radius 2 is 1.68 bits per heavy atom. The van der Waals surface area contributed by atoms with Crippen LogP contribution in [0.2, 0.25) is 0 Å². The molecule has 0 saturated carbocycles. The summed E-state index contributed by atoms with van der Waals surface area (Å²) in [5, 5.41) is 8.28. The van der Waals surface area contributed by atoms with Crippen molar-refractivity contribution in [1.82, 2.24) is 20.1 Å². The van der Waals surface area contributed by atoms with Crippen molar-refractivity contribution in [2.45, 2.75) is 39.0 Å². The second kappa shape index (κ2) is 12.1. The maximum Gasteiger partial charge on any atom is 0.401 e. The maximum atomic E-state index is 13.2. The van der Waals surface area contributed by atoms with E-state index in [1.54, 1.807) is 13.2 Å². The highest BCUT2D eigenvalue weighted by Crippen LogP contribution is 2.41. The van der Waals surface area contributed by atoms with E-state index in [0.717, 1.165) is 31.2 Å². The molecule has 0 unspecified atom stereocenters. The van der Waals surface area contributed by atoms with E-state index in [1.165, 1.54) is 18.6 Å². The third-order valence-electron chi connectivity index (χ3n) is 5.90. The molecule has 0 aliphatic heterocycles. The summed E-state index contributed by atoms with van der Waals surface area (Å²) >= 11 is 0. The normalized spacial score (nSPS) is 11.6. The van der Waals surface area contributed by atoms with Crippen molar-refractivity contribution >= 4 is 17.5 Å². The molecule has 2 amide bonds. The first-order valence-corrected chi connectivity index (χ1v) is 12.3. The van der Waals surface area contributed by atoms with Gasteiger partial charge in [-0.2, -0.15) is 13.2 Å². The second-order valence-corrected chi connectivity index (χ2v) is 9.17. The molecule has 1 aromatic carbocycles. The molecule has 4 rings (SSSR count). The molecule has 3 aromatic heterocycles. The monoisotopic (exact) mass is 572 g/mol. The molecule has 0 aliphatic rings. The predicted molar refractivity (Wildman–Crippen MR) is 142 cm³/mol. The fourth-order valence-corrected chi connectivity index (χ4v) is 3.38. The van der Waals surface area contributed by atoms with Crippen molar-refractivity contribution in [3.63, 3.8) is 0 Å². The van der Waals surface area contributed by atoms with Crippen molar-refractivity contribution < 1.29 is 36.7 Å². The molecule has 41 heavy (non-hydrogen) atoms. The molecule has 14 heteroatoms. The van der Waals surface area contributed by atoms with Crippen LogP contribution < -0.4 is 24.8 Å². The molecule has 2 N–H and O–H groups in total. The van der Waals surface area contributed by atoms with Crippen molar-refractivity contribution in [1.29, 1.82) is 0 Å². The van der Waals surface area contributed by atoms with Gasteiger partial charge in [-0.05, 0) is 44.5 Å². The number of nitrogens with zero attached hydrogens (tertiary/aromatic N) is 4. The van der Waals surface area contributed by atoms with Gasteiger partial charge in [0.1, 0.15) is 17.8 Å². The third kappa shape index (κ3) is 7.01. The standard InChI is InChI=1S/C27H27F3N6O5/c1-5-39-20-10-17(12-33-24(20)40-15-16-6-8-19(38-4)9-7-16)23-31-13-18(14-32-23)34-25(37)35-22-11-21(41-36-22)26(2,3)27(28,29)30/h6-14H,5,15H2,1-4H3,(H2,34,35,36,37). The van der Waals surface area contributed by atoms with Crippen LogP contribution in [0.1, 0.15) is 32.1 Å². The Labute approximate surface area is 233 Å². The van der Waals surface area contributed by atoms with Crippen LogP contribution in [0.25, 0.3) is 11.4 Å². The molecule has 0 spiro atoms. The second-order valence-electron chi connectivity index (χ2n) is 9.17. The first-order chi connectivity index (χ1) is 19.5. The van der Waals surface area contributed by atoms with E-state index in [2.05, 4.69) is 30.7 Å². The van der Waals surface area contributed by atoms with Crippen molar-refractivity contribution in [3.8, 4) is 28.8 Å². The smallest absolute Gasteiger partial charge is 0.401 e. The molecular weight excluding hydrogens is 545 g/mol. The maximum absolute atomic E-state index is 13.2. The molecular formula is C27H27F3N6O5. The molecule has 0 aliphatic carbocycles. The lowest BCUT2D eigenvalue weighted by molar-refractivity contribution is -0.185. The Hall–Kier alpha value is -4.88. The first kappa shape index (κ1) is 29.1. The number of urea groups is 1. The zero-order valence-corrected chi connectivity index (χ0v) is 22.6. The Bertz CT molecular complexity index is 1470. The molecule has 0 fully saturated rings. The molecule has 3 heterocycles. The minimum absolute atomic E-state index is 0.184. The van der Waals surface area contributed by atoms with Gasteiger partial charge in [0.25, 0.3) is 5.88 Å². The fourth-order valence-electron chi connectivity index (χ4n) is 3.38. The van der Waals surface area contributed by atoms with Gasteiger partial charge in [-0.25, -0.2) is 19.7 Å². The van der Waals surface area contributed by atoms with Crippen LogP contribution in [0.5, 0.6) is 17.4 Å². The minimum atomic E-state index is -4.56. The van der Waals surface area contributed by atoms with Gasteiger partial charge < -0.3 is 24.1 Å². The van der Waals surface area contributed by atoms with Crippen LogP contribution >= 0.6 is 0 Å². The highest BCUT2D eigenvalue weighted by molar-refractivity contribution is 5.98. The van der Waals surface area contributed by atoms with Gasteiger partial charge in [-0.3, -0.25) is 5.32 Å². The van der Waals surface area contributed by atoms with E-state index < -0.39 is 23.4 Å². The number of aromatic nitrogens is 4. The zero-order valence-electron chi connectivity index (χ0n) is 22.6. The average molecular weight is 573 g/mol. The number of halogens is 3.